The van der Waals surface area contributed by atoms with Gasteiger partial charge in [-0.15, -0.1) is 24.0 Å². The first kappa shape index (κ1) is 21.9. The van der Waals surface area contributed by atoms with Crippen molar-refractivity contribution < 1.29 is 4.79 Å². The van der Waals surface area contributed by atoms with Crippen LogP contribution in [0.15, 0.2) is 47.7 Å². The molecular formula is C19H26IN7O. The van der Waals surface area contributed by atoms with Crippen molar-refractivity contribution in [2.75, 3.05) is 42.9 Å². The van der Waals surface area contributed by atoms with Crippen molar-refractivity contribution in [3.63, 3.8) is 0 Å². The van der Waals surface area contributed by atoms with Crippen molar-refractivity contribution in [2.45, 2.75) is 13.3 Å². The molecule has 1 saturated heterocycles. The van der Waals surface area contributed by atoms with E-state index in [9.17, 15) is 4.79 Å². The lowest BCUT2D eigenvalue weighted by atomic mass is 10.2. The summed E-state index contributed by atoms with van der Waals surface area (Å²) in [6.07, 6.45) is 3.80. The molecule has 1 aromatic carbocycles. The summed E-state index contributed by atoms with van der Waals surface area (Å²) in [7, 11) is 0. The maximum Gasteiger partial charge on any atom is 0.225 e. The van der Waals surface area contributed by atoms with Gasteiger partial charge in [-0.05, 0) is 30.7 Å². The number of aliphatic imine (C=N–C) groups is 1. The molecule has 1 aromatic heterocycles. The quantitative estimate of drug-likeness (QED) is 0.374. The normalized spacial score (nSPS) is 14.4. The van der Waals surface area contributed by atoms with E-state index in [0.717, 1.165) is 24.3 Å². The average Bonchev–Trinajstić information content (AvgIpc) is 2.69. The van der Waals surface area contributed by atoms with Crippen LogP contribution in [0.4, 0.5) is 11.6 Å². The number of guanidine groups is 1. The van der Waals surface area contributed by atoms with Gasteiger partial charge >= 0.3 is 0 Å². The number of nitrogens with zero attached hydrogens (tertiary/aromatic N) is 5. The van der Waals surface area contributed by atoms with Crippen LogP contribution in [0, 0.1) is 6.92 Å². The van der Waals surface area contributed by atoms with Crippen LogP contribution >= 0.6 is 24.0 Å². The first-order chi connectivity index (χ1) is 13.1. The van der Waals surface area contributed by atoms with Gasteiger partial charge in [0.2, 0.25) is 11.9 Å². The highest BCUT2D eigenvalue weighted by atomic mass is 127. The first-order valence-corrected chi connectivity index (χ1v) is 9.05. The molecule has 1 aliphatic heterocycles. The Kier molecular flexibility index (Phi) is 8.42. The maximum atomic E-state index is 12.4. The second-order valence-corrected chi connectivity index (χ2v) is 6.43. The van der Waals surface area contributed by atoms with Gasteiger partial charge in [0.1, 0.15) is 0 Å². The standard InChI is InChI=1S/C19H25N7O.HI/c1-15-4-2-5-16(14-15)24-18(20)21-9-6-17(27)25-10-12-26(13-11-25)19-22-7-3-8-23-19;/h2-5,7-8,14H,6,9-13H2,1H3,(H3,20,21,24);1H. The van der Waals surface area contributed by atoms with Gasteiger partial charge in [0.25, 0.3) is 0 Å². The highest BCUT2D eigenvalue weighted by Gasteiger charge is 2.21. The Morgan fingerprint density at radius 3 is 2.57 bits per heavy atom. The fourth-order valence-corrected chi connectivity index (χ4v) is 2.95. The Hall–Kier alpha value is -2.43. The number of hydrogen-bond donors (Lipinski definition) is 2. The molecule has 0 saturated carbocycles. The average molecular weight is 495 g/mol. The summed E-state index contributed by atoms with van der Waals surface area (Å²) in [5.41, 5.74) is 7.93. The summed E-state index contributed by atoms with van der Waals surface area (Å²) in [4.78, 5) is 29.1. The van der Waals surface area contributed by atoms with Crippen LogP contribution in [0.2, 0.25) is 0 Å². The Labute approximate surface area is 182 Å². The van der Waals surface area contributed by atoms with E-state index in [1.54, 1.807) is 18.5 Å². The number of carbonyl (C=O) groups excluding carboxylic acids is 1. The molecule has 8 nitrogen and oxygen atoms in total. The predicted octanol–water partition coefficient (Wildman–Crippen LogP) is 1.87. The van der Waals surface area contributed by atoms with E-state index in [4.69, 9.17) is 5.73 Å². The highest BCUT2D eigenvalue weighted by molar-refractivity contribution is 14.0. The molecule has 3 N–H and O–H groups in total. The van der Waals surface area contributed by atoms with Crippen molar-refractivity contribution in [2.24, 2.45) is 10.7 Å². The minimum absolute atomic E-state index is 0. The van der Waals surface area contributed by atoms with Crippen LogP contribution in [0.1, 0.15) is 12.0 Å². The summed E-state index contributed by atoms with van der Waals surface area (Å²) >= 11 is 0. The van der Waals surface area contributed by atoms with Gasteiger partial charge in [0.05, 0.1) is 6.54 Å². The lowest BCUT2D eigenvalue weighted by Crippen LogP contribution is -2.49. The molecule has 0 bridgehead atoms. The number of halogens is 1. The molecule has 0 radical (unpaired) electrons. The van der Waals surface area contributed by atoms with E-state index in [1.165, 1.54) is 0 Å². The number of amides is 1. The van der Waals surface area contributed by atoms with E-state index < -0.39 is 0 Å². The molecule has 0 atom stereocenters. The predicted molar refractivity (Wildman–Crippen MR) is 122 cm³/mol. The number of carbonyl (C=O) groups is 1. The van der Waals surface area contributed by atoms with Gasteiger partial charge < -0.3 is 20.9 Å². The molecule has 1 amide bonds. The molecule has 28 heavy (non-hydrogen) atoms. The number of aryl methyl sites for hydroxylation is 1. The number of piperazine rings is 1. The molecule has 150 valence electrons. The number of aromatic nitrogens is 2. The minimum Gasteiger partial charge on any atom is -0.370 e. The third-order valence-corrected chi connectivity index (χ3v) is 4.37. The number of hydrogen-bond acceptors (Lipinski definition) is 5. The van der Waals surface area contributed by atoms with Gasteiger partial charge in [-0.3, -0.25) is 9.79 Å². The summed E-state index contributed by atoms with van der Waals surface area (Å²) < 4.78 is 0. The van der Waals surface area contributed by atoms with Gasteiger partial charge in [-0.2, -0.15) is 0 Å². The van der Waals surface area contributed by atoms with Gasteiger partial charge in [0.15, 0.2) is 5.96 Å². The zero-order valence-corrected chi connectivity index (χ0v) is 18.2. The Morgan fingerprint density at radius 1 is 1.18 bits per heavy atom. The zero-order chi connectivity index (χ0) is 19.1. The van der Waals surface area contributed by atoms with Crippen LogP contribution in [0.25, 0.3) is 0 Å². The van der Waals surface area contributed by atoms with Crippen LogP contribution in [0.3, 0.4) is 0 Å². The van der Waals surface area contributed by atoms with Crippen LogP contribution in [0.5, 0.6) is 0 Å². The summed E-state index contributed by atoms with van der Waals surface area (Å²) in [6, 6.07) is 9.68. The fourth-order valence-electron chi connectivity index (χ4n) is 2.95. The molecule has 2 heterocycles. The fraction of sp³-hybridized carbons (Fsp3) is 0.368. The third kappa shape index (κ3) is 6.32. The lowest BCUT2D eigenvalue weighted by Gasteiger charge is -2.34. The lowest BCUT2D eigenvalue weighted by molar-refractivity contribution is -0.131. The summed E-state index contributed by atoms with van der Waals surface area (Å²) in [5, 5.41) is 3.04. The molecule has 3 rings (SSSR count). The maximum absolute atomic E-state index is 12.4. The molecule has 0 unspecified atom stereocenters. The van der Waals surface area contributed by atoms with Crippen molar-refractivity contribution in [1.29, 1.82) is 0 Å². The van der Waals surface area contributed by atoms with Gasteiger partial charge in [-0.25, -0.2) is 9.97 Å². The monoisotopic (exact) mass is 495 g/mol. The van der Waals surface area contributed by atoms with Crippen LogP contribution in [-0.2, 0) is 4.79 Å². The van der Waals surface area contributed by atoms with Crippen molar-refractivity contribution in [3.8, 4) is 0 Å². The minimum atomic E-state index is 0. The molecule has 2 aromatic rings. The van der Waals surface area contributed by atoms with E-state index in [0.29, 0.717) is 38.0 Å². The third-order valence-electron chi connectivity index (χ3n) is 4.37. The SMILES string of the molecule is Cc1cccc(NC(N)=NCCC(=O)N2CCN(c3ncccn3)CC2)c1.I. The smallest absolute Gasteiger partial charge is 0.225 e. The molecular weight excluding hydrogens is 469 g/mol. The van der Waals surface area contributed by atoms with Crippen molar-refractivity contribution in [3.05, 3.63) is 48.3 Å². The molecule has 1 aliphatic rings. The molecule has 0 aliphatic carbocycles. The van der Waals surface area contributed by atoms with Crippen molar-refractivity contribution in [1.82, 2.24) is 14.9 Å². The number of nitrogens with two attached hydrogens (primary N) is 1. The molecule has 9 heteroatoms. The second kappa shape index (κ2) is 10.8. The van der Waals surface area contributed by atoms with E-state index >= 15 is 0 Å². The first-order valence-electron chi connectivity index (χ1n) is 9.05. The van der Waals surface area contributed by atoms with Crippen LogP contribution < -0.4 is 16.0 Å². The Morgan fingerprint density at radius 2 is 1.89 bits per heavy atom. The van der Waals surface area contributed by atoms with Gasteiger partial charge in [0, 0.05) is 50.7 Å². The number of benzene rings is 1. The van der Waals surface area contributed by atoms with Crippen molar-refractivity contribution >= 4 is 47.5 Å². The highest BCUT2D eigenvalue weighted by Crippen LogP contribution is 2.11. The summed E-state index contributed by atoms with van der Waals surface area (Å²) in [6.45, 7) is 5.17. The molecule has 0 spiro atoms. The second-order valence-electron chi connectivity index (χ2n) is 6.43. The Bertz CT molecular complexity index is 792. The Balaban J connectivity index is 0.00000280. The number of anilines is 2. The zero-order valence-electron chi connectivity index (χ0n) is 15.9. The summed E-state index contributed by atoms with van der Waals surface area (Å²) in [5.74, 6) is 1.12. The van der Waals surface area contributed by atoms with E-state index in [1.807, 2.05) is 36.1 Å². The van der Waals surface area contributed by atoms with E-state index in [2.05, 4.69) is 25.2 Å². The number of rotatable bonds is 5. The van der Waals surface area contributed by atoms with Gasteiger partial charge in [-0.1, -0.05) is 12.1 Å². The van der Waals surface area contributed by atoms with Crippen LogP contribution in [-0.4, -0.2) is 59.5 Å². The van der Waals surface area contributed by atoms with E-state index in [-0.39, 0.29) is 29.9 Å². The molecule has 1 fully saturated rings. The topological polar surface area (TPSA) is 99.7 Å². The largest absolute Gasteiger partial charge is 0.370 e. The number of nitrogens with one attached hydrogen (secondary N) is 1.